The largest absolute Gasteiger partial charge is 0.375 e. The quantitative estimate of drug-likeness (QED) is 0.784. The van der Waals surface area contributed by atoms with Crippen molar-refractivity contribution in [2.75, 3.05) is 33.3 Å². The van der Waals surface area contributed by atoms with Gasteiger partial charge in [-0.25, -0.2) is 9.97 Å². The first kappa shape index (κ1) is 13.0. The summed E-state index contributed by atoms with van der Waals surface area (Å²) in [6.07, 6.45) is 5.43. The van der Waals surface area contributed by atoms with Crippen LogP contribution in [0.3, 0.4) is 0 Å². The van der Waals surface area contributed by atoms with Crippen LogP contribution in [0.5, 0.6) is 0 Å². The summed E-state index contributed by atoms with van der Waals surface area (Å²) >= 11 is 0. The molecule has 5 heteroatoms. The molecular formula is C14H22N4O. The third-order valence-electron chi connectivity index (χ3n) is 4.19. The van der Waals surface area contributed by atoms with Gasteiger partial charge in [0.1, 0.15) is 5.82 Å². The maximum Gasteiger partial charge on any atom is 0.125 e. The first-order valence-electron chi connectivity index (χ1n) is 7.04. The first-order valence-corrected chi connectivity index (χ1v) is 7.04. The molecule has 0 N–H and O–H groups in total. The number of rotatable bonds is 2. The molecule has 0 aliphatic carbocycles. The Morgan fingerprint density at radius 2 is 2.11 bits per heavy atom. The third kappa shape index (κ3) is 2.94. The van der Waals surface area contributed by atoms with Crippen LogP contribution in [0, 0.1) is 6.92 Å². The molecule has 5 nitrogen and oxygen atoms in total. The molecule has 104 valence electrons. The first-order chi connectivity index (χ1) is 9.22. The van der Waals surface area contributed by atoms with Gasteiger partial charge in [0, 0.05) is 50.2 Å². The molecule has 3 heterocycles. The van der Waals surface area contributed by atoms with Gasteiger partial charge in [-0.05, 0) is 20.4 Å². The summed E-state index contributed by atoms with van der Waals surface area (Å²) in [5, 5.41) is 0. The molecule has 0 saturated carbocycles. The minimum atomic E-state index is 0.421. The Hall–Kier alpha value is -1.04. The molecule has 0 unspecified atom stereocenters. The normalized spacial score (nSPS) is 29.2. The molecule has 2 fully saturated rings. The van der Waals surface area contributed by atoms with Crippen molar-refractivity contribution < 1.29 is 4.74 Å². The Kier molecular flexibility index (Phi) is 3.77. The number of piperidine rings is 1. The van der Waals surface area contributed by atoms with Gasteiger partial charge in [-0.1, -0.05) is 0 Å². The number of hydrogen-bond donors (Lipinski definition) is 0. The molecule has 0 radical (unpaired) electrons. The Bertz CT molecular complexity index is 422. The van der Waals surface area contributed by atoms with Crippen molar-refractivity contribution in [1.82, 2.24) is 19.8 Å². The fourth-order valence-electron chi connectivity index (χ4n) is 3.01. The van der Waals surface area contributed by atoms with E-state index >= 15 is 0 Å². The van der Waals surface area contributed by atoms with Crippen LogP contribution in [0.15, 0.2) is 12.4 Å². The average molecular weight is 262 g/mol. The number of ether oxygens (including phenoxy) is 1. The SMILES string of the molecule is Cc1ncc(CN2CC[C@H]3OCCN(C)[C@@H]3C2)cn1. The second-order valence-electron chi connectivity index (χ2n) is 5.62. The lowest BCUT2D eigenvalue weighted by Gasteiger charge is -2.45. The smallest absolute Gasteiger partial charge is 0.125 e. The van der Waals surface area contributed by atoms with Gasteiger partial charge in [-0.2, -0.15) is 0 Å². The number of aryl methyl sites for hydroxylation is 1. The lowest BCUT2D eigenvalue weighted by molar-refractivity contribution is -0.0957. The Morgan fingerprint density at radius 3 is 2.89 bits per heavy atom. The highest BCUT2D eigenvalue weighted by Crippen LogP contribution is 2.22. The Balaban J connectivity index is 1.62. The van der Waals surface area contributed by atoms with E-state index in [1.165, 1.54) is 5.56 Å². The molecule has 0 aromatic carbocycles. The highest BCUT2D eigenvalue weighted by atomic mass is 16.5. The topological polar surface area (TPSA) is 41.5 Å². The van der Waals surface area contributed by atoms with Crippen LogP contribution in [-0.2, 0) is 11.3 Å². The van der Waals surface area contributed by atoms with Crippen LogP contribution in [0.25, 0.3) is 0 Å². The summed E-state index contributed by atoms with van der Waals surface area (Å²) in [7, 11) is 2.21. The van der Waals surface area contributed by atoms with Gasteiger partial charge in [-0.15, -0.1) is 0 Å². The molecule has 0 spiro atoms. The predicted molar refractivity (Wildman–Crippen MR) is 72.8 cm³/mol. The van der Waals surface area contributed by atoms with Gasteiger partial charge >= 0.3 is 0 Å². The second kappa shape index (κ2) is 5.53. The van der Waals surface area contributed by atoms with Crippen LogP contribution in [0.4, 0.5) is 0 Å². The van der Waals surface area contributed by atoms with Crippen molar-refractivity contribution >= 4 is 0 Å². The zero-order valence-corrected chi connectivity index (χ0v) is 11.7. The predicted octanol–water partition coefficient (Wildman–Crippen LogP) is 0.690. The van der Waals surface area contributed by atoms with Crippen LogP contribution in [0.1, 0.15) is 17.8 Å². The van der Waals surface area contributed by atoms with Crippen LogP contribution in [-0.4, -0.2) is 65.2 Å². The number of nitrogens with zero attached hydrogens (tertiary/aromatic N) is 4. The standard InChI is InChI=1S/C14H22N4O/c1-11-15-7-12(8-16-11)9-18-4-3-14-13(10-18)17(2)5-6-19-14/h7-8,13-14H,3-6,9-10H2,1-2H3/t13-,14-/m1/s1. The summed E-state index contributed by atoms with van der Waals surface area (Å²) in [6, 6.07) is 0.536. The van der Waals surface area contributed by atoms with Gasteiger partial charge in [0.15, 0.2) is 0 Å². The number of likely N-dealkylation sites (tertiary alicyclic amines) is 1. The zero-order chi connectivity index (χ0) is 13.2. The van der Waals surface area contributed by atoms with Gasteiger partial charge in [0.2, 0.25) is 0 Å². The molecule has 2 saturated heterocycles. The minimum Gasteiger partial charge on any atom is -0.375 e. The molecule has 0 bridgehead atoms. The fraction of sp³-hybridized carbons (Fsp3) is 0.714. The fourth-order valence-corrected chi connectivity index (χ4v) is 3.01. The average Bonchev–Trinajstić information content (AvgIpc) is 2.42. The van der Waals surface area contributed by atoms with E-state index in [-0.39, 0.29) is 0 Å². The highest BCUT2D eigenvalue weighted by Gasteiger charge is 2.35. The van der Waals surface area contributed by atoms with Crippen molar-refractivity contribution in [2.24, 2.45) is 0 Å². The molecule has 1 aromatic rings. The summed E-state index contributed by atoms with van der Waals surface area (Å²) in [6.45, 7) is 6.96. The molecule has 0 amide bonds. The van der Waals surface area contributed by atoms with Crippen molar-refractivity contribution in [1.29, 1.82) is 0 Å². The lowest BCUT2D eigenvalue weighted by atomic mass is 9.99. The summed E-state index contributed by atoms with van der Waals surface area (Å²) in [5.41, 5.74) is 1.20. The Labute approximate surface area is 114 Å². The van der Waals surface area contributed by atoms with Crippen molar-refractivity contribution in [3.63, 3.8) is 0 Å². The number of fused-ring (bicyclic) bond motifs is 1. The number of likely N-dealkylation sites (N-methyl/N-ethyl adjacent to an activating group) is 1. The minimum absolute atomic E-state index is 0.421. The van der Waals surface area contributed by atoms with Crippen molar-refractivity contribution in [3.8, 4) is 0 Å². The van der Waals surface area contributed by atoms with E-state index in [1.807, 2.05) is 19.3 Å². The number of morpholine rings is 1. The highest BCUT2D eigenvalue weighted by molar-refractivity contribution is 5.05. The monoisotopic (exact) mass is 262 g/mol. The maximum atomic E-state index is 5.87. The van der Waals surface area contributed by atoms with E-state index < -0.39 is 0 Å². The maximum absolute atomic E-state index is 5.87. The summed E-state index contributed by atoms with van der Waals surface area (Å²) < 4.78 is 5.87. The third-order valence-corrected chi connectivity index (χ3v) is 4.19. The van der Waals surface area contributed by atoms with E-state index in [9.17, 15) is 0 Å². The van der Waals surface area contributed by atoms with Crippen LogP contribution in [0.2, 0.25) is 0 Å². The molecule has 1 aromatic heterocycles. The van der Waals surface area contributed by atoms with Crippen molar-refractivity contribution in [3.05, 3.63) is 23.8 Å². The molecular weight excluding hydrogens is 240 g/mol. The van der Waals surface area contributed by atoms with E-state index in [0.29, 0.717) is 12.1 Å². The zero-order valence-electron chi connectivity index (χ0n) is 11.7. The van der Waals surface area contributed by atoms with E-state index in [0.717, 1.165) is 45.0 Å². The van der Waals surface area contributed by atoms with Crippen molar-refractivity contribution in [2.45, 2.75) is 32.0 Å². The van der Waals surface area contributed by atoms with E-state index in [4.69, 9.17) is 4.74 Å². The molecule has 2 atom stereocenters. The summed E-state index contributed by atoms with van der Waals surface area (Å²) in [4.78, 5) is 13.5. The van der Waals surface area contributed by atoms with Gasteiger partial charge in [0.25, 0.3) is 0 Å². The number of hydrogen-bond acceptors (Lipinski definition) is 5. The van der Waals surface area contributed by atoms with Gasteiger partial charge < -0.3 is 4.74 Å². The van der Waals surface area contributed by atoms with Gasteiger partial charge in [0.05, 0.1) is 12.7 Å². The van der Waals surface area contributed by atoms with Crippen LogP contribution < -0.4 is 0 Å². The van der Waals surface area contributed by atoms with Crippen LogP contribution >= 0.6 is 0 Å². The molecule has 2 aliphatic rings. The summed E-state index contributed by atoms with van der Waals surface area (Å²) in [5.74, 6) is 0.836. The molecule has 2 aliphatic heterocycles. The molecule has 19 heavy (non-hydrogen) atoms. The molecule has 3 rings (SSSR count). The Morgan fingerprint density at radius 1 is 1.32 bits per heavy atom. The lowest BCUT2D eigenvalue weighted by Crippen LogP contribution is -2.58. The second-order valence-corrected chi connectivity index (χ2v) is 5.62. The number of aromatic nitrogens is 2. The van der Waals surface area contributed by atoms with E-state index in [2.05, 4.69) is 26.8 Å². The van der Waals surface area contributed by atoms with E-state index in [1.54, 1.807) is 0 Å². The van der Waals surface area contributed by atoms with Gasteiger partial charge in [-0.3, -0.25) is 9.80 Å².